The number of nitriles is 1. The maximum atomic E-state index is 12.3. The SMILES string of the molecule is N#Cc1ccccc1OCC(=O)OCC(=O)NC12CC3CC(CC(C3)C1)C2. The molecule has 0 aromatic heterocycles. The molecule has 4 bridgehead atoms. The summed E-state index contributed by atoms with van der Waals surface area (Å²) >= 11 is 0. The number of nitrogens with zero attached hydrogens (tertiary/aromatic N) is 1. The van der Waals surface area contributed by atoms with Gasteiger partial charge in [-0.1, -0.05) is 12.1 Å². The Bertz CT molecular complexity index is 747. The van der Waals surface area contributed by atoms with Crippen molar-refractivity contribution in [1.82, 2.24) is 5.32 Å². The highest BCUT2D eigenvalue weighted by Gasteiger charge is 2.51. The first-order valence-electron chi connectivity index (χ1n) is 9.64. The number of carbonyl (C=O) groups excluding carboxylic acids is 2. The maximum absolute atomic E-state index is 12.3. The molecule has 0 heterocycles. The van der Waals surface area contributed by atoms with Crippen LogP contribution in [-0.4, -0.2) is 30.6 Å². The molecule has 5 rings (SSSR count). The van der Waals surface area contributed by atoms with Gasteiger partial charge in [0.1, 0.15) is 11.8 Å². The van der Waals surface area contributed by atoms with Gasteiger partial charge in [0.25, 0.3) is 5.91 Å². The Balaban J connectivity index is 1.24. The van der Waals surface area contributed by atoms with Crippen LogP contribution in [0.25, 0.3) is 0 Å². The topological polar surface area (TPSA) is 88.4 Å². The fraction of sp³-hybridized carbons (Fsp3) is 0.571. The molecule has 0 spiro atoms. The molecule has 4 saturated carbocycles. The zero-order valence-corrected chi connectivity index (χ0v) is 15.3. The summed E-state index contributed by atoms with van der Waals surface area (Å²) < 4.78 is 10.4. The van der Waals surface area contributed by atoms with E-state index >= 15 is 0 Å². The maximum Gasteiger partial charge on any atom is 0.344 e. The third-order valence-electron chi connectivity index (χ3n) is 6.16. The van der Waals surface area contributed by atoms with E-state index in [2.05, 4.69) is 5.32 Å². The molecule has 6 heteroatoms. The Morgan fingerprint density at radius 2 is 1.70 bits per heavy atom. The third-order valence-corrected chi connectivity index (χ3v) is 6.16. The lowest BCUT2D eigenvalue weighted by Crippen LogP contribution is -2.60. The molecule has 0 unspecified atom stereocenters. The van der Waals surface area contributed by atoms with Crippen LogP contribution in [0.5, 0.6) is 5.75 Å². The van der Waals surface area contributed by atoms with Gasteiger partial charge in [0.2, 0.25) is 0 Å². The minimum Gasteiger partial charge on any atom is -0.481 e. The van der Waals surface area contributed by atoms with Crippen molar-refractivity contribution >= 4 is 11.9 Å². The highest BCUT2D eigenvalue weighted by Crippen LogP contribution is 2.55. The number of para-hydroxylation sites is 1. The number of nitrogens with one attached hydrogen (secondary N) is 1. The van der Waals surface area contributed by atoms with Crippen LogP contribution in [0.15, 0.2) is 24.3 Å². The molecule has 142 valence electrons. The lowest BCUT2D eigenvalue weighted by atomic mass is 9.53. The number of amides is 1. The van der Waals surface area contributed by atoms with E-state index < -0.39 is 5.97 Å². The van der Waals surface area contributed by atoms with Crippen molar-refractivity contribution in [3.63, 3.8) is 0 Å². The summed E-state index contributed by atoms with van der Waals surface area (Å²) in [7, 11) is 0. The summed E-state index contributed by atoms with van der Waals surface area (Å²) in [6.45, 7) is -0.618. The average molecular weight is 368 g/mol. The van der Waals surface area contributed by atoms with Gasteiger partial charge in [-0.3, -0.25) is 4.79 Å². The van der Waals surface area contributed by atoms with Crippen LogP contribution in [-0.2, 0) is 14.3 Å². The first-order valence-corrected chi connectivity index (χ1v) is 9.64. The molecule has 0 atom stereocenters. The molecule has 1 aromatic rings. The van der Waals surface area contributed by atoms with E-state index in [4.69, 9.17) is 14.7 Å². The number of rotatable bonds is 6. The zero-order chi connectivity index (χ0) is 18.9. The quantitative estimate of drug-likeness (QED) is 0.780. The van der Waals surface area contributed by atoms with Gasteiger partial charge in [-0.15, -0.1) is 0 Å². The fourth-order valence-electron chi connectivity index (χ4n) is 5.60. The molecule has 6 nitrogen and oxygen atoms in total. The summed E-state index contributed by atoms with van der Waals surface area (Å²) in [6.07, 6.45) is 7.12. The van der Waals surface area contributed by atoms with Crippen molar-refractivity contribution in [3.8, 4) is 11.8 Å². The first-order chi connectivity index (χ1) is 13.0. The Hall–Kier alpha value is -2.55. The lowest BCUT2D eigenvalue weighted by molar-refractivity contribution is -0.151. The van der Waals surface area contributed by atoms with E-state index in [1.807, 2.05) is 6.07 Å². The first kappa shape index (κ1) is 17.8. The Labute approximate surface area is 158 Å². The molecule has 4 aliphatic rings. The average Bonchev–Trinajstić information content (AvgIpc) is 2.63. The number of benzene rings is 1. The highest BCUT2D eigenvalue weighted by molar-refractivity contribution is 5.81. The zero-order valence-electron chi connectivity index (χ0n) is 15.3. The van der Waals surface area contributed by atoms with Crippen molar-refractivity contribution in [3.05, 3.63) is 29.8 Å². The number of hydrogen-bond acceptors (Lipinski definition) is 5. The Morgan fingerprint density at radius 3 is 2.33 bits per heavy atom. The van der Waals surface area contributed by atoms with Gasteiger partial charge in [-0.2, -0.15) is 5.26 Å². The number of ether oxygens (including phenoxy) is 2. The summed E-state index contributed by atoms with van der Waals surface area (Å²) in [5.41, 5.74) is 0.269. The van der Waals surface area contributed by atoms with Crippen LogP contribution >= 0.6 is 0 Å². The minimum absolute atomic E-state index is 0.0829. The molecule has 1 aromatic carbocycles. The Morgan fingerprint density at radius 1 is 1.07 bits per heavy atom. The van der Waals surface area contributed by atoms with Crippen LogP contribution in [0.2, 0.25) is 0 Å². The van der Waals surface area contributed by atoms with Gasteiger partial charge < -0.3 is 14.8 Å². The molecule has 0 aliphatic heterocycles. The van der Waals surface area contributed by atoms with Crippen LogP contribution in [0.4, 0.5) is 0 Å². The van der Waals surface area contributed by atoms with Crippen molar-refractivity contribution < 1.29 is 19.1 Å². The minimum atomic E-state index is -0.622. The number of esters is 1. The normalized spacial score (nSPS) is 30.4. The van der Waals surface area contributed by atoms with E-state index in [1.54, 1.807) is 24.3 Å². The third kappa shape index (κ3) is 3.92. The van der Waals surface area contributed by atoms with Crippen LogP contribution < -0.4 is 10.1 Å². The molecule has 1 N–H and O–H groups in total. The van der Waals surface area contributed by atoms with E-state index in [0.717, 1.165) is 37.0 Å². The van der Waals surface area contributed by atoms with Gasteiger partial charge in [0.05, 0.1) is 5.56 Å². The largest absolute Gasteiger partial charge is 0.481 e. The second kappa shape index (κ2) is 7.22. The fourth-order valence-corrected chi connectivity index (χ4v) is 5.60. The van der Waals surface area contributed by atoms with Crippen LogP contribution in [0.1, 0.15) is 44.1 Å². The molecular weight excluding hydrogens is 344 g/mol. The van der Waals surface area contributed by atoms with Crippen molar-refractivity contribution in [2.45, 2.75) is 44.1 Å². The molecule has 0 saturated heterocycles. The predicted octanol–water partition coefficient (Wildman–Crippen LogP) is 2.57. The number of carbonyl (C=O) groups is 2. The monoisotopic (exact) mass is 368 g/mol. The van der Waals surface area contributed by atoms with Crippen molar-refractivity contribution in [1.29, 1.82) is 5.26 Å². The van der Waals surface area contributed by atoms with Gasteiger partial charge in [0, 0.05) is 5.54 Å². The van der Waals surface area contributed by atoms with Crippen LogP contribution in [0.3, 0.4) is 0 Å². The second-order valence-electron chi connectivity index (χ2n) is 8.30. The van der Waals surface area contributed by atoms with Crippen LogP contribution in [0, 0.1) is 29.1 Å². The van der Waals surface area contributed by atoms with Gasteiger partial charge in [-0.05, 0) is 68.4 Å². The van der Waals surface area contributed by atoms with Crippen molar-refractivity contribution in [2.75, 3.05) is 13.2 Å². The highest BCUT2D eigenvalue weighted by atomic mass is 16.6. The second-order valence-corrected chi connectivity index (χ2v) is 8.30. The number of hydrogen-bond donors (Lipinski definition) is 1. The van der Waals surface area contributed by atoms with Gasteiger partial charge in [0.15, 0.2) is 13.2 Å². The van der Waals surface area contributed by atoms with Crippen molar-refractivity contribution in [2.24, 2.45) is 17.8 Å². The standard InChI is InChI=1S/C21H24N2O4/c22-11-17-3-1-2-4-18(17)26-13-20(25)27-12-19(24)23-21-8-14-5-15(9-21)7-16(6-14)10-21/h1-4,14-16H,5-10,12-13H2,(H,23,24). The summed E-state index contributed by atoms with van der Waals surface area (Å²) in [4.78, 5) is 24.2. The summed E-state index contributed by atoms with van der Waals surface area (Å²) in [6, 6.07) is 8.67. The summed E-state index contributed by atoms with van der Waals surface area (Å²) in [5, 5.41) is 12.2. The smallest absolute Gasteiger partial charge is 0.344 e. The summed E-state index contributed by atoms with van der Waals surface area (Å²) in [5.74, 6) is 1.70. The van der Waals surface area contributed by atoms with Gasteiger partial charge >= 0.3 is 5.97 Å². The molecule has 0 radical (unpaired) electrons. The lowest BCUT2D eigenvalue weighted by Gasteiger charge is -2.56. The van der Waals surface area contributed by atoms with E-state index in [1.165, 1.54) is 19.3 Å². The molecular formula is C21H24N2O4. The molecule has 1 amide bonds. The predicted molar refractivity (Wildman–Crippen MR) is 96.7 cm³/mol. The Kier molecular flexibility index (Phi) is 4.77. The molecule has 4 aliphatic carbocycles. The van der Waals surface area contributed by atoms with E-state index in [-0.39, 0.29) is 24.7 Å². The van der Waals surface area contributed by atoms with Gasteiger partial charge in [-0.25, -0.2) is 4.79 Å². The van der Waals surface area contributed by atoms with E-state index in [9.17, 15) is 9.59 Å². The molecule has 27 heavy (non-hydrogen) atoms. The van der Waals surface area contributed by atoms with E-state index in [0.29, 0.717) is 11.3 Å². The molecule has 4 fully saturated rings.